The van der Waals surface area contributed by atoms with Crippen LogP contribution in [-0.4, -0.2) is 34.8 Å². The molecule has 3 amide bonds. The van der Waals surface area contributed by atoms with Crippen LogP contribution < -0.4 is 5.32 Å². The minimum atomic E-state index is -0.239. The van der Waals surface area contributed by atoms with Crippen molar-refractivity contribution in [1.82, 2.24) is 15.1 Å². The van der Waals surface area contributed by atoms with Crippen LogP contribution in [0.2, 0.25) is 0 Å². The molecule has 3 rings (SSSR count). The van der Waals surface area contributed by atoms with Crippen molar-refractivity contribution < 1.29 is 14.0 Å². The van der Waals surface area contributed by atoms with Gasteiger partial charge in [-0.1, -0.05) is 67.6 Å². The third-order valence-corrected chi connectivity index (χ3v) is 4.89. The molecule has 2 aromatic carbocycles. The van der Waals surface area contributed by atoms with Crippen LogP contribution in [0.15, 0.2) is 83.5 Å². The van der Waals surface area contributed by atoms with Gasteiger partial charge in [0.25, 0.3) is 0 Å². The molecule has 6 nitrogen and oxygen atoms in total. The van der Waals surface area contributed by atoms with Gasteiger partial charge in [-0.2, -0.15) is 0 Å². The lowest BCUT2D eigenvalue weighted by molar-refractivity contribution is -0.133. The first kappa shape index (κ1) is 22.2. The maximum atomic E-state index is 13.2. The molecule has 0 fully saturated rings. The maximum Gasteiger partial charge on any atom is 0.318 e. The Labute approximate surface area is 183 Å². The molecule has 0 spiro atoms. The Morgan fingerprint density at radius 1 is 0.839 bits per heavy atom. The number of nitrogens with zero attached hydrogens (tertiary/aromatic N) is 2. The molecule has 0 aliphatic heterocycles. The van der Waals surface area contributed by atoms with Gasteiger partial charge in [0.2, 0.25) is 5.91 Å². The first-order chi connectivity index (χ1) is 15.2. The van der Waals surface area contributed by atoms with Crippen molar-refractivity contribution in [3.8, 4) is 0 Å². The van der Waals surface area contributed by atoms with E-state index in [9.17, 15) is 9.59 Å². The van der Waals surface area contributed by atoms with Gasteiger partial charge in [-0.05, 0) is 29.7 Å². The number of hydrogen-bond acceptors (Lipinski definition) is 3. The van der Waals surface area contributed by atoms with Gasteiger partial charge in [0.15, 0.2) is 0 Å². The zero-order valence-corrected chi connectivity index (χ0v) is 17.9. The first-order valence-corrected chi connectivity index (χ1v) is 10.6. The van der Waals surface area contributed by atoms with Gasteiger partial charge in [0, 0.05) is 19.6 Å². The van der Waals surface area contributed by atoms with Crippen molar-refractivity contribution >= 4 is 11.9 Å². The molecule has 1 heterocycles. The third kappa shape index (κ3) is 7.03. The largest absolute Gasteiger partial charge is 0.467 e. The van der Waals surface area contributed by atoms with Crippen molar-refractivity contribution in [3.63, 3.8) is 0 Å². The van der Waals surface area contributed by atoms with E-state index in [1.165, 1.54) is 0 Å². The molecule has 0 aliphatic carbocycles. The Balaban J connectivity index is 1.66. The van der Waals surface area contributed by atoms with Crippen LogP contribution in [0.3, 0.4) is 0 Å². The van der Waals surface area contributed by atoms with E-state index in [-0.39, 0.29) is 18.5 Å². The minimum Gasteiger partial charge on any atom is -0.467 e. The quantitative estimate of drug-likeness (QED) is 0.529. The predicted octanol–water partition coefficient (Wildman–Crippen LogP) is 4.43. The number of amides is 3. The number of furan rings is 1. The smallest absolute Gasteiger partial charge is 0.318 e. The van der Waals surface area contributed by atoms with E-state index >= 15 is 0 Å². The number of hydrogen-bond donors (Lipinski definition) is 1. The molecule has 0 atom stereocenters. The highest BCUT2D eigenvalue weighted by Gasteiger charge is 2.22. The maximum absolute atomic E-state index is 13.2. The highest BCUT2D eigenvalue weighted by Crippen LogP contribution is 2.12. The van der Waals surface area contributed by atoms with Crippen molar-refractivity contribution in [2.75, 3.05) is 13.1 Å². The summed E-state index contributed by atoms with van der Waals surface area (Å²) in [6, 6.07) is 23.0. The van der Waals surface area contributed by atoms with Gasteiger partial charge in [-0.25, -0.2) is 4.79 Å². The fraction of sp³-hybridized carbons (Fsp3) is 0.280. The molecule has 31 heavy (non-hydrogen) atoms. The number of urea groups is 1. The van der Waals surface area contributed by atoms with Gasteiger partial charge in [-0.3, -0.25) is 4.79 Å². The molecule has 0 saturated carbocycles. The second kappa shape index (κ2) is 11.6. The molecule has 0 bridgehead atoms. The van der Waals surface area contributed by atoms with Crippen LogP contribution >= 0.6 is 0 Å². The third-order valence-electron chi connectivity index (χ3n) is 4.89. The average Bonchev–Trinajstić information content (AvgIpc) is 3.31. The molecule has 0 radical (unpaired) electrons. The molecule has 1 aromatic heterocycles. The predicted molar refractivity (Wildman–Crippen MR) is 120 cm³/mol. The van der Waals surface area contributed by atoms with E-state index in [0.29, 0.717) is 31.9 Å². The standard InChI is InChI=1S/C25H29N3O3/c1-2-15-27(25(30)26-17-21-10-5-3-6-11-21)20-24(29)28(19-23-14-9-16-31-23)18-22-12-7-4-8-13-22/h3-14,16H,2,15,17-20H2,1H3,(H,26,30). The summed E-state index contributed by atoms with van der Waals surface area (Å²) < 4.78 is 5.45. The summed E-state index contributed by atoms with van der Waals surface area (Å²) in [7, 11) is 0. The van der Waals surface area contributed by atoms with E-state index in [0.717, 1.165) is 17.5 Å². The fourth-order valence-electron chi connectivity index (χ4n) is 3.30. The summed E-state index contributed by atoms with van der Waals surface area (Å²) in [4.78, 5) is 29.3. The van der Waals surface area contributed by atoms with Crippen LogP contribution in [0.4, 0.5) is 4.79 Å². The number of rotatable bonds is 10. The fourth-order valence-corrected chi connectivity index (χ4v) is 3.30. The van der Waals surface area contributed by atoms with E-state index in [1.54, 1.807) is 22.1 Å². The number of carbonyl (C=O) groups is 2. The Morgan fingerprint density at radius 2 is 1.52 bits per heavy atom. The Morgan fingerprint density at radius 3 is 2.13 bits per heavy atom. The lowest BCUT2D eigenvalue weighted by Crippen LogP contribution is -2.46. The number of carbonyl (C=O) groups excluding carboxylic acids is 2. The molecule has 0 unspecified atom stereocenters. The van der Waals surface area contributed by atoms with Crippen LogP contribution in [0, 0.1) is 0 Å². The zero-order chi connectivity index (χ0) is 21.9. The molecule has 3 aromatic rings. The van der Waals surface area contributed by atoms with Crippen LogP contribution in [0.5, 0.6) is 0 Å². The van der Waals surface area contributed by atoms with E-state index in [1.807, 2.05) is 73.7 Å². The average molecular weight is 420 g/mol. The Bertz CT molecular complexity index is 927. The molecular weight excluding hydrogens is 390 g/mol. The second-order valence-electron chi connectivity index (χ2n) is 7.38. The normalized spacial score (nSPS) is 10.5. The van der Waals surface area contributed by atoms with Crippen molar-refractivity contribution in [2.24, 2.45) is 0 Å². The van der Waals surface area contributed by atoms with Gasteiger partial charge < -0.3 is 19.5 Å². The Hall–Kier alpha value is -3.54. The molecule has 1 N–H and O–H groups in total. The number of benzene rings is 2. The highest BCUT2D eigenvalue weighted by atomic mass is 16.3. The van der Waals surface area contributed by atoms with Crippen molar-refractivity contribution in [3.05, 3.63) is 95.9 Å². The van der Waals surface area contributed by atoms with Crippen molar-refractivity contribution in [2.45, 2.75) is 33.0 Å². The molecular formula is C25H29N3O3. The summed E-state index contributed by atoms with van der Waals surface area (Å²) in [6.45, 7) is 3.74. The monoisotopic (exact) mass is 419 g/mol. The highest BCUT2D eigenvalue weighted by molar-refractivity contribution is 5.84. The topological polar surface area (TPSA) is 65.8 Å². The molecule has 162 valence electrons. The number of nitrogens with one attached hydrogen (secondary N) is 1. The van der Waals surface area contributed by atoms with Crippen molar-refractivity contribution in [1.29, 1.82) is 0 Å². The second-order valence-corrected chi connectivity index (χ2v) is 7.38. The van der Waals surface area contributed by atoms with Crippen LogP contribution in [0.1, 0.15) is 30.2 Å². The summed E-state index contributed by atoms with van der Waals surface area (Å²) in [5.74, 6) is 0.586. The summed E-state index contributed by atoms with van der Waals surface area (Å²) in [6.07, 6.45) is 2.36. The minimum absolute atomic E-state index is 0.0159. The summed E-state index contributed by atoms with van der Waals surface area (Å²) in [5, 5.41) is 2.92. The van der Waals surface area contributed by atoms with Gasteiger partial charge in [-0.15, -0.1) is 0 Å². The Kier molecular flexibility index (Phi) is 8.29. The lowest BCUT2D eigenvalue weighted by atomic mass is 10.2. The molecule has 0 saturated heterocycles. The van der Waals surface area contributed by atoms with Crippen LogP contribution in [0.25, 0.3) is 0 Å². The summed E-state index contributed by atoms with van der Waals surface area (Å²) in [5.41, 5.74) is 2.04. The van der Waals surface area contributed by atoms with Crippen LogP contribution in [-0.2, 0) is 24.4 Å². The first-order valence-electron chi connectivity index (χ1n) is 10.6. The van der Waals surface area contributed by atoms with Gasteiger partial charge in [0.05, 0.1) is 12.8 Å². The van der Waals surface area contributed by atoms with E-state index < -0.39 is 0 Å². The lowest BCUT2D eigenvalue weighted by Gasteiger charge is -2.27. The van der Waals surface area contributed by atoms with Gasteiger partial charge in [0.1, 0.15) is 12.3 Å². The molecule has 6 heteroatoms. The van der Waals surface area contributed by atoms with E-state index in [2.05, 4.69) is 5.32 Å². The summed E-state index contributed by atoms with van der Waals surface area (Å²) >= 11 is 0. The molecule has 0 aliphatic rings. The van der Waals surface area contributed by atoms with Gasteiger partial charge >= 0.3 is 6.03 Å². The SMILES string of the molecule is CCCN(CC(=O)N(Cc1ccccc1)Cc1ccco1)C(=O)NCc1ccccc1. The zero-order valence-electron chi connectivity index (χ0n) is 17.9. The van der Waals surface area contributed by atoms with E-state index in [4.69, 9.17) is 4.42 Å².